The standard InChI is InChI=1S/C31H33ClFN7O4/c1-5-44-27-15-19-14-25(35-27)23(36-29-18(3)40(39-38-29)26-11-7-9-22(32)28(26)33)10-6-8-17(2)30(41)37-24-16-20(12-13-21(19)24)34-31(42)43-4/h7,9,11-17,23,36H,5-6,8,10H2,1-4H3,(H,34,42)(H,37,41)/t17-,23+/m1/s1. The SMILES string of the molecule is CCOc1cc2cc(n1)[C@@H](Nc1nnn(-c3cccc(Cl)c3F)c1C)CCC[C@@H](C)C(=O)Nc1cc(NC(=O)OC)ccc1-2. The van der Waals surface area contributed by atoms with E-state index in [1.54, 1.807) is 37.3 Å². The van der Waals surface area contributed by atoms with Crippen LogP contribution in [0.25, 0.3) is 16.8 Å². The smallest absolute Gasteiger partial charge is 0.411 e. The summed E-state index contributed by atoms with van der Waals surface area (Å²) in [6.45, 7) is 5.94. The highest BCUT2D eigenvalue weighted by molar-refractivity contribution is 6.30. The van der Waals surface area contributed by atoms with Crippen LogP contribution in [0.4, 0.5) is 26.4 Å². The number of carbonyl (C=O) groups excluding carboxylic acids is 2. The number of hydrogen-bond acceptors (Lipinski definition) is 8. The van der Waals surface area contributed by atoms with Crippen LogP contribution in [0.1, 0.15) is 50.5 Å². The minimum Gasteiger partial charge on any atom is -0.478 e. The zero-order valence-electron chi connectivity index (χ0n) is 24.8. The molecule has 5 rings (SSSR count). The van der Waals surface area contributed by atoms with Crippen molar-refractivity contribution in [3.8, 4) is 22.7 Å². The van der Waals surface area contributed by atoms with E-state index in [1.165, 1.54) is 17.9 Å². The van der Waals surface area contributed by atoms with E-state index in [0.29, 0.717) is 65.9 Å². The third-order valence-corrected chi connectivity index (χ3v) is 7.73. The van der Waals surface area contributed by atoms with Crippen molar-refractivity contribution in [3.05, 3.63) is 70.8 Å². The maximum atomic E-state index is 14.8. The molecule has 44 heavy (non-hydrogen) atoms. The van der Waals surface area contributed by atoms with Gasteiger partial charge in [0.05, 0.1) is 41.9 Å². The molecule has 11 nitrogen and oxygen atoms in total. The van der Waals surface area contributed by atoms with Crippen LogP contribution in [0.5, 0.6) is 5.88 Å². The van der Waals surface area contributed by atoms with E-state index in [0.717, 1.165) is 5.56 Å². The number of benzene rings is 2. The van der Waals surface area contributed by atoms with E-state index in [9.17, 15) is 14.0 Å². The van der Waals surface area contributed by atoms with Crippen molar-refractivity contribution in [1.29, 1.82) is 0 Å². The Balaban J connectivity index is 1.58. The maximum Gasteiger partial charge on any atom is 0.411 e. The molecular formula is C31H33ClFN7O4. The molecule has 2 bridgehead atoms. The van der Waals surface area contributed by atoms with E-state index in [-0.39, 0.29) is 28.6 Å². The summed E-state index contributed by atoms with van der Waals surface area (Å²) in [6, 6.07) is 13.3. The van der Waals surface area contributed by atoms with E-state index < -0.39 is 11.9 Å². The van der Waals surface area contributed by atoms with Crippen LogP contribution in [-0.4, -0.2) is 45.7 Å². The highest BCUT2D eigenvalue weighted by Crippen LogP contribution is 2.37. The minimum absolute atomic E-state index is 0.0117. The molecule has 1 aliphatic rings. The van der Waals surface area contributed by atoms with Crippen LogP contribution < -0.4 is 20.7 Å². The van der Waals surface area contributed by atoms with E-state index >= 15 is 0 Å². The molecule has 230 valence electrons. The summed E-state index contributed by atoms with van der Waals surface area (Å²) in [4.78, 5) is 29.9. The summed E-state index contributed by atoms with van der Waals surface area (Å²) in [6.07, 6.45) is 1.29. The number of rotatable bonds is 6. The predicted molar refractivity (Wildman–Crippen MR) is 166 cm³/mol. The van der Waals surface area contributed by atoms with Gasteiger partial charge in [-0.1, -0.05) is 42.3 Å². The second-order valence-electron chi connectivity index (χ2n) is 10.5. The number of fused-ring (bicyclic) bond motifs is 4. The van der Waals surface area contributed by atoms with Crippen LogP contribution in [0, 0.1) is 18.7 Å². The molecule has 4 aromatic rings. The molecule has 2 aromatic carbocycles. The lowest BCUT2D eigenvalue weighted by molar-refractivity contribution is -0.119. The lowest BCUT2D eigenvalue weighted by atomic mass is 9.95. The number of carbonyl (C=O) groups is 2. The number of ether oxygens (including phenoxy) is 2. The fraction of sp³-hybridized carbons (Fsp3) is 0.323. The van der Waals surface area contributed by atoms with Gasteiger partial charge in [0.2, 0.25) is 11.8 Å². The van der Waals surface area contributed by atoms with Gasteiger partial charge < -0.3 is 20.1 Å². The Labute approximate surface area is 259 Å². The first-order valence-electron chi connectivity index (χ1n) is 14.3. The Morgan fingerprint density at radius 3 is 2.80 bits per heavy atom. The van der Waals surface area contributed by atoms with E-state index in [4.69, 9.17) is 26.1 Å². The zero-order valence-corrected chi connectivity index (χ0v) is 25.5. The summed E-state index contributed by atoms with van der Waals surface area (Å²) in [5.41, 5.74) is 3.90. The molecule has 0 radical (unpaired) electrons. The van der Waals surface area contributed by atoms with Gasteiger partial charge >= 0.3 is 6.09 Å². The molecule has 2 atom stereocenters. The van der Waals surface area contributed by atoms with Crippen molar-refractivity contribution in [2.45, 2.75) is 46.1 Å². The molecule has 0 saturated carbocycles. The van der Waals surface area contributed by atoms with Crippen molar-refractivity contribution in [3.63, 3.8) is 0 Å². The number of nitrogens with one attached hydrogen (secondary N) is 3. The molecule has 2 amide bonds. The molecule has 1 aliphatic heterocycles. The van der Waals surface area contributed by atoms with Crippen LogP contribution >= 0.6 is 11.6 Å². The Morgan fingerprint density at radius 2 is 2.02 bits per heavy atom. The van der Waals surface area contributed by atoms with Crippen LogP contribution in [0.2, 0.25) is 5.02 Å². The molecule has 3 N–H and O–H groups in total. The highest BCUT2D eigenvalue weighted by atomic mass is 35.5. The Hall–Kier alpha value is -4.71. The summed E-state index contributed by atoms with van der Waals surface area (Å²) in [5.74, 6) is -0.164. The van der Waals surface area contributed by atoms with Crippen LogP contribution in [-0.2, 0) is 9.53 Å². The summed E-state index contributed by atoms with van der Waals surface area (Å²) >= 11 is 6.01. The number of pyridine rings is 1. The Kier molecular flexibility index (Phi) is 9.29. The largest absolute Gasteiger partial charge is 0.478 e. The monoisotopic (exact) mass is 621 g/mol. The topological polar surface area (TPSA) is 132 Å². The number of amides is 2. The third kappa shape index (κ3) is 6.60. The molecule has 0 fully saturated rings. The summed E-state index contributed by atoms with van der Waals surface area (Å²) in [5, 5.41) is 17.6. The highest BCUT2D eigenvalue weighted by Gasteiger charge is 2.24. The predicted octanol–water partition coefficient (Wildman–Crippen LogP) is 6.92. The first-order chi connectivity index (χ1) is 21.2. The van der Waals surface area contributed by atoms with Crippen molar-refractivity contribution >= 4 is 40.8 Å². The normalized spacial score (nSPS) is 16.5. The lowest BCUT2D eigenvalue weighted by Gasteiger charge is -2.23. The van der Waals surface area contributed by atoms with Gasteiger partial charge in [0.15, 0.2) is 11.6 Å². The fourth-order valence-corrected chi connectivity index (χ4v) is 5.22. The number of methoxy groups -OCH3 is 1. The van der Waals surface area contributed by atoms with Crippen LogP contribution in [0.3, 0.4) is 0 Å². The van der Waals surface area contributed by atoms with E-state index in [1.807, 2.05) is 26.0 Å². The number of nitrogens with zero attached hydrogens (tertiary/aromatic N) is 4. The Bertz CT molecular complexity index is 1700. The summed E-state index contributed by atoms with van der Waals surface area (Å²) < 4.78 is 26.8. The van der Waals surface area contributed by atoms with E-state index in [2.05, 4.69) is 26.3 Å². The quantitative estimate of drug-likeness (QED) is 0.211. The fourth-order valence-electron chi connectivity index (χ4n) is 5.05. The second-order valence-corrected chi connectivity index (χ2v) is 10.9. The van der Waals surface area contributed by atoms with Gasteiger partial charge in [-0.2, -0.15) is 0 Å². The average Bonchev–Trinajstić information content (AvgIpc) is 3.36. The van der Waals surface area contributed by atoms with Crippen molar-refractivity contribution in [2.24, 2.45) is 5.92 Å². The first-order valence-corrected chi connectivity index (χ1v) is 14.6. The number of aromatic nitrogens is 4. The van der Waals surface area contributed by atoms with Gasteiger partial charge in [0.25, 0.3) is 0 Å². The molecule has 0 aliphatic carbocycles. The molecule has 3 heterocycles. The molecule has 0 unspecified atom stereocenters. The molecule has 13 heteroatoms. The number of halogens is 2. The number of hydrogen-bond donors (Lipinski definition) is 3. The van der Waals surface area contributed by atoms with Crippen molar-refractivity contribution < 1.29 is 23.5 Å². The molecule has 0 saturated heterocycles. The zero-order chi connectivity index (χ0) is 31.4. The van der Waals surface area contributed by atoms with Gasteiger partial charge in [-0.05, 0) is 62.6 Å². The van der Waals surface area contributed by atoms with Gasteiger partial charge in [-0.15, -0.1) is 5.10 Å². The van der Waals surface area contributed by atoms with Gasteiger partial charge in [0.1, 0.15) is 5.69 Å². The average molecular weight is 622 g/mol. The minimum atomic E-state index is -0.623. The van der Waals surface area contributed by atoms with Crippen molar-refractivity contribution in [2.75, 3.05) is 29.7 Å². The van der Waals surface area contributed by atoms with Gasteiger partial charge in [-0.25, -0.2) is 18.9 Å². The molecule has 0 spiro atoms. The molecular weight excluding hydrogens is 589 g/mol. The van der Waals surface area contributed by atoms with Crippen LogP contribution in [0.15, 0.2) is 48.5 Å². The number of anilines is 3. The Morgan fingerprint density at radius 1 is 1.20 bits per heavy atom. The first kappa shape index (κ1) is 30.7. The maximum absolute atomic E-state index is 14.8. The summed E-state index contributed by atoms with van der Waals surface area (Å²) in [7, 11) is 1.28. The van der Waals surface area contributed by atoms with Crippen molar-refractivity contribution in [1.82, 2.24) is 20.0 Å². The molecule has 2 aromatic heterocycles. The second kappa shape index (κ2) is 13.3. The lowest BCUT2D eigenvalue weighted by Crippen LogP contribution is -2.22. The van der Waals surface area contributed by atoms with Gasteiger partial charge in [-0.3, -0.25) is 10.1 Å². The van der Waals surface area contributed by atoms with Gasteiger partial charge in [0, 0.05) is 23.2 Å². The third-order valence-electron chi connectivity index (χ3n) is 7.43.